The predicted octanol–water partition coefficient (Wildman–Crippen LogP) is 11.0. The fraction of sp³-hybridized carbons (Fsp3) is 0.959. The Bertz CT molecular complexity index is 2030. The zero-order valence-electron chi connectivity index (χ0n) is 60.3. The maximum Gasteiger partial charge on any atom is 0.472 e. The van der Waals surface area contributed by atoms with Crippen molar-refractivity contribution in [2.75, 3.05) is 26.4 Å². The van der Waals surface area contributed by atoms with Crippen LogP contribution in [0.3, 0.4) is 0 Å². The SMILES string of the molecule is CCCCCCCCCCCCCCCCCCCC(=O)OCC1OC(OC2C(O)C(O)C(O)C(OC3OC(CO)C(O)C(O)C3O)C2OP(=O)(O)OCC(COC(=O)CCCCCCCCCCCCCCCC)OC(=O)CCCCCCCCCCCCCC)C(O)C(O)C1O. The quantitative estimate of drug-likeness (QED) is 0.0117. The lowest BCUT2D eigenvalue weighted by atomic mass is 9.84. The van der Waals surface area contributed by atoms with E-state index in [1.54, 1.807) is 0 Å². The molecule has 3 aliphatic rings. The van der Waals surface area contributed by atoms with Crippen LogP contribution in [0.2, 0.25) is 0 Å². The highest BCUT2D eigenvalue weighted by molar-refractivity contribution is 7.47. The van der Waals surface area contributed by atoms with Crippen LogP contribution in [0, 0.1) is 0 Å². The Balaban J connectivity index is 1.70. The molecule has 11 N–H and O–H groups in total. The lowest BCUT2D eigenvalue weighted by Gasteiger charge is -2.49. The third-order valence-electron chi connectivity index (χ3n) is 19.4. The van der Waals surface area contributed by atoms with Crippen LogP contribution >= 0.6 is 7.82 Å². The molecule has 2 heterocycles. The number of ether oxygens (including phenoxy) is 7. The average Bonchev–Trinajstić information content (AvgIpc) is 0.761. The first-order valence-corrected chi connectivity index (χ1v) is 40.3. The van der Waals surface area contributed by atoms with Crippen LogP contribution in [0.15, 0.2) is 0 Å². The largest absolute Gasteiger partial charge is 0.472 e. The highest BCUT2D eigenvalue weighted by Crippen LogP contribution is 2.49. The van der Waals surface area contributed by atoms with Crippen molar-refractivity contribution in [3.05, 3.63) is 0 Å². The molecule has 25 heteroatoms. The molecule has 1 saturated carbocycles. The number of phosphoric acid groups is 1. The first kappa shape index (κ1) is 90.2. The maximum atomic E-state index is 14.3. The molecule has 18 unspecified atom stereocenters. The van der Waals surface area contributed by atoms with Crippen molar-refractivity contribution in [2.24, 2.45) is 0 Å². The molecule has 3 rings (SSSR count). The van der Waals surface area contributed by atoms with Gasteiger partial charge in [0.25, 0.3) is 0 Å². The second-order valence-corrected chi connectivity index (χ2v) is 29.5. The number of hydrogen-bond acceptors (Lipinski definition) is 23. The number of unbranched alkanes of at least 4 members (excludes halogenated alkanes) is 40. The lowest BCUT2D eigenvalue weighted by molar-refractivity contribution is -0.360. The molecule has 2 saturated heterocycles. The van der Waals surface area contributed by atoms with E-state index in [1.807, 2.05) is 0 Å². The molecule has 98 heavy (non-hydrogen) atoms. The third-order valence-corrected chi connectivity index (χ3v) is 20.4. The zero-order chi connectivity index (χ0) is 71.8. The van der Waals surface area contributed by atoms with Crippen molar-refractivity contribution in [1.82, 2.24) is 0 Å². The smallest absolute Gasteiger partial charge is 0.463 e. The van der Waals surface area contributed by atoms with Crippen molar-refractivity contribution in [2.45, 2.75) is 420 Å². The van der Waals surface area contributed by atoms with Gasteiger partial charge in [-0.3, -0.25) is 23.4 Å². The standard InChI is InChI=1S/C73H137O24P/c1-4-7-10-13-16-19-22-25-27-28-29-31-34-36-39-42-45-48-58(76)90-53-56-61(79)63(81)68(86)73(94-56)96-70-66(84)64(82)65(83)69(95-72-67(85)62(80)60(78)55(50-74)93-72)71(70)97-98(87,88)91-52-54(92-59(77)49-46-43-40-37-32-24-21-18-15-12-9-6-3)51-89-57(75)47-44-41-38-35-33-30-26-23-20-17-14-11-8-5-2/h54-56,60-74,78-86H,4-53H2,1-3H3,(H,87,88). The topological polar surface area (TPSA) is 374 Å². The summed E-state index contributed by atoms with van der Waals surface area (Å²) >= 11 is 0. The molecule has 0 radical (unpaired) electrons. The summed E-state index contributed by atoms with van der Waals surface area (Å²) in [7, 11) is -5.69. The van der Waals surface area contributed by atoms with E-state index in [2.05, 4.69) is 20.8 Å². The number of carbonyl (C=O) groups excluding carboxylic acids is 3. The van der Waals surface area contributed by atoms with E-state index < -0.39 is 156 Å². The molecule has 0 aromatic carbocycles. The molecule has 24 nitrogen and oxygen atoms in total. The summed E-state index contributed by atoms with van der Waals surface area (Å²) in [5, 5.41) is 110. The molecule has 3 fully saturated rings. The van der Waals surface area contributed by atoms with E-state index >= 15 is 0 Å². The number of hydrogen-bond donors (Lipinski definition) is 11. The maximum absolute atomic E-state index is 14.3. The Morgan fingerprint density at radius 3 is 1.00 bits per heavy atom. The van der Waals surface area contributed by atoms with Crippen LogP contribution in [-0.2, 0) is 61.2 Å². The third kappa shape index (κ3) is 38.1. The van der Waals surface area contributed by atoms with Crippen LogP contribution < -0.4 is 0 Å². The summed E-state index contributed by atoms with van der Waals surface area (Å²) in [6.07, 6.45) is 13.0. The molecule has 0 aromatic heterocycles. The van der Waals surface area contributed by atoms with Gasteiger partial charge in [0, 0.05) is 19.3 Å². The molecule has 0 spiro atoms. The van der Waals surface area contributed by atoms with Crippen molar-refractivity contribution in [3.63, 3.8) is 0 Å². The number of aliphatic hydroxyl groups is 10. The first-order valence-electron chi connectivity index (χ1n) is 38.8. The van der Waals surface area contributed by atoms with Crippen LogP contribution in [0.5, 0.6) is 0 Å². The van der Waals surface area contributed by atoms with Crippen LogP contribution in [-0.4, -0.2) is 204 Å². The fourth-order valence-corrected chi connectivity index (χ4v) is 14.0. The molecule has 0 amide bonds. The Hall–Kier alpha value is -2.04. The van der Waals surface area contributed by atoms with E-state index in [0.717, 1.165) is 89.9 Å². The normalized spacial score (nSPS) is 27.6. The molecular formula is C73H137O24P. The Morgan fingerprint density at radius 1 is 0.357 bits per heavy atom. The fourth-order valence-electron chi connectivity index (χ4n) is 13.1. The van der Waals surface area contributed by atoms with Gasteiger partial charge < -0.3 is 89.1 Å². The number of carbonyl (C=O) groups is 3. The van der Waals surface area contributed by atoms with Gasteiger partial charge in [-0.25, -0.2) is 4.57 Å². The van der Waals surface area contributed by atoms with Gasteiger partial charge in [-0.05, 0) is 19.3 Å². The van der Waals surface area contributed by atoms with Gasteiger partial charge in [-0.2, -0.15) is 0 Å². The van der Waals surface area contributed by atoms with E-state index in [9.17, 15) is 74.9 Å². The van der Waals surface area contributed by atoms with Crippen LogP contribution in [0.4, 0.5) is 0 Å². The molecule has 0 aromatic rings. The number of rotatable bonds is 61. The monoisotopic (exact) mass is 1430 g/mol. The second-order valence-electron chi connectivity index (χ2n) is 28.1. The van der Waals surface area contributed by atoms with E-state index in [1.165, 1.54) is 167 Å². The van der Waals surface area contributed by atoms with Gasteiger partial charge in [-0.15, -0.1) is 0 Å². The van der Waals surface area contributed by atoms with Gasteiger partial charge >= 0.3 is 25.7 Å². The lowest BCUT2D eigenvalue weighted by Crippen LogP contribution is -2.69. The minimum Gasteiger partial charge on any atom is -0.463 e. The number of esters is 3. The second kappa shape index (κ2) is 55.4. The minimum atomic E-state index is -5.69. The molecule has 0 bridgehead atoms. The van der Waals surface area contributed by atoms with Gasteiger partial charge in [0.1, 0.15) is 98.7 Å². The highest BCUT2D eigenvalue weighted by Gasteiger charge is 2.58. The van der Waals surface area contributed by atoms with Crippen LogP contribution in [0.25, 0.3) is 0 Å². The van der Waals surface area contributed by atoms with Crippen molar-refractivity contribution < 1.29 is 117 Å². The van der Waals surface area contributed by atoms with E-state index in [0.29, 0.717) is 19.3 Å². The number of phosphoric ester groups is 1. The summed E-state index contributed by atoms with van der Waals surface area (Å²) in [6, 6.07) is 0. The first-order chi connectivity index (χ1) is 47.3. The molecular weight excluding hydrogens is 1290 g/mol. The summed E-state index contributed by atoms with van der Waals surface area (Å²) in [4.78, 5) is 51.0. The average molecular weight is 1430 g/mol. The zero-order valence-corrected chi connectivity index (χ0v) is 61.2. The minimum absolute atomic E-state index is 0.0336. The van der Waals surface area contributed by atoms with E-state index in [-0.39, 0.29) is 19.3 Å². The Labute approximate surface area is 587 Å². The molecule has 1 aliphatic carbocycles. The van der Waals surface area contributed by atoms with Crippen molar-refractivity contribution >= 4 is 25.7 Å². The Kier molecular flexibility index (Phi) is 51.0. The van der Waals surface area contributed by atoms with Crippen LogP contribution in [0.1, 0.15) is 316 Å². The summed E-state index contributed by atoms with van der Waals surface area (Å²) in [5.74, 6) is -1.97. The summed E-state index contributed by atoms with van der Waals surface area (Å²) in [6.45, 7) is 3.48. The number of aliphatic hydroxyl groups excluding tert-OH is 10. The summed E-state index contributed by atoms with van der Waals surface area (Å²) < 4.78 is 65.1. The van der Waals surface area contributed by atoms with Gasteiger partial charge in [0.15, 0.2) is 18.7 Å². The Morgan fingerprint density at radius 2 is 0.653 bits per heavy atom. The van der Waals surface area contributed by atoms with Crippen molar-refractivity contribution in [1.29, 1.82) is 0 Å². The molecule has 18 atom stereocenters. The van der Waals surface area contributed by atoms with Gasteiger partial charge in [0.05, 0.1) is 13.2 Å². The van der Waals surface area contributed by atoms with E-state index in [4.69, 9.17) is 42.2 Å². The van der Waals surface area contributed by atoms with Gasteiger partial charge in [-0.1, -0.05) is 278 Å². The molecule has 578 valence electrons. The summed E-state index contributed by atoms with van der Waals surface area (Å²) in [5.41, 5.74) is 0. The van der Waals surface area contributed by atoms with Crippen molar-refractivity contribution in [3.8, 4) is 0 Å². The predicted molar refractivity (Wildman–Crippen MR) is 370 cm³/mol. The highest BCUT2D eigenvalue weighted by atomic mass is 31.2. The van der Waals surface area contributed by atoms with Gasteiger partial charge in [0.2, 0.25) is 0 Å². The molecule has 2 aliphatic heterocycles.